The maximum Gasteiger partial charge on any atom is 0.390 e. The molecule has 1 aromatic rings. The van der Waals surface area contributed by atoms with Gasteiger partial charge in [-0.25, -0.2) is 4.79 Å². The lowest BCUT2D eigenvalue weighted by atomic mass is 10.0. The third-order valence-corrected chi connectivity index (χ3v) is 6.05. The van der Waals surface area contributed by atoms with Gasteiger partial charge in [-0.05, 0) is 31.4 Å². The number of carbonyl (C=O) groups excluding carboxylic acids is 2. The summed E-state index contributed by atoms with van der Waals surface area (Å²) in [4.78, 5) is 28.5. The molecule has 0 aromatic heterocycles. The first-order valence-corrected chi connectivity index (χ1v) is 11.9. The maximum absolute atomic E-state index is 13.2. The van der Waals surface area contributed by atoms with Gasteiger partial charge in [-0.1, -0.05) is 13.8 Å². The monoisotopic (exact) mass is 502 g/mol. The third kappa shape index (κ3) is 8.88. The molecule has 1 aliphatic rings. The molecule has 1 aromatic carbocycles. The highest BCUT2D eigenvalue weighted by Crippen LogP contribution is 2.27. The van der Waals surface area contributed by atoms with Crippen LogP contribution in [0.1, 0.15) is 44.0 Å². The predicted octanol–water partition coefficient (Wildman–Crippen LogP) is 3.98. The summed E-state index contributed by atoms with van der Waals surface area (Å²) in [6.45, 7) is 6.66. The smallest absolute Gasteiger partial charge is 0.390 e. The number of benzene rings is 1. The van der Waals surface area contributed by atoms with Crippen molar-refractivity contribution in [1.82, 2.24) is 15.1 Å². The Morgan fingerprint density at radius 1 is 1.26 bits per heavy atom. The fraction of sp³-hybridized carbons (Fsp3) is 0.667. The molecule has 8 nitrogen and oxygen atoms in total. The number of alkyl halides is 3. The highest BCUT2D eigenvalue weighted by atomic mass is 19.4. The minimum absolute atomic E-state index is 0.0672. The molecule has 0 saturated heterocycles. The number of amides is 3. The summed E-state index contributed by atoms with van der Waals surface area (Å²) >= 11 is 0. The zero-order chi connectivity index (χ0) is 26.2. The van der Waals surface area contributed by atoms with Gasteiger partial charge < -0.3 is 25.0 Å². The van der Waals surface area contributed by atoms with E-state index in [0.717, 1.165) is 6.42 Å². The van der Waals surface area contributed by atoms with E-state index in [9.17, 15) is 22.8 Å². The van der Waals surface area contributed by atoms with Gasteiger partial charge in [0.2, 0.25) is 0 Å². The number of anilines is 1. The van der Waals surface area contributed by atoms with Crippen LogP contribution in [0, 0.1) is 5.92 Å². The number of hydrogen-bond acceptors (Lipinski definition) is 5. The van der Waals surface area contributed by atoms with E-state index in [1.165, 1.54) is 12.0 Å². The average Bonchev–Trinajstić information content (AvgIpc) is 2.80. The highest BCUT2D eigenvalue weighted by molar-refractivity contribution is 5.98. The molecule has 35 heavy (non-hydrogen) atoms. The van der Waals surface area contributed by atoms with Gasteiger partial charge in [-0.15, -0.1) is 0 Å². The van der Waals surface area contributed by atoms with E-state index in [1.807, 2.05) is 13.8 Å². The van der Waals surface area contributed by atoms with Crippen LogP contribution in [0.2, 0.25) is 0 Å². The zero-order valence-electron chi connectivity index (χ0n) is 21.1. The average molecular weight is 503 g/mol. The minimum atomic E-state index is -4.27. The van der Waals surface area contributed by atoms with Crippen LogP contribution in [0.5, 0.6) is 5.75 Å². The van der Waals surface area contributed by atoms with Crippen LogP contribution >= 0.6 is 0 Å². The molecular formula is C24H37F3N4O4. The quantitative estimate of drug-likeness (QED) is 0.615. The van der Waals surface area contributed by atoms with Crippen molar-refractivity contribution >= 4 is 17.6 Å². The second kappa shape index (κ2) is 13.0. The summed E-state index contributed by atoms with van der Waals surface area (Å²) < 4.78 is 50.5. The van der Waals surface area contributed by atoms with Crippen molar-refractivity contribution in [2.24, 2.45) is 5.92 Å². The van der Waals surface area contributed by atoms with Crippen LogP contribution in [0.15, 0.2) is 18.2 Å². The molecule has 3 amide bonds. The lowest BCUT2D eigenvalue weighted by Gasteiger charge is -2.36. The number of nitrogens with zero attached hydrogens (tertiary/aromatic N) is 2. The molecule has 1 aliphatic heterocycles. The molecule has 3 atom stereocenters. The van der Waals surface area contributed by atoms with Gasteiger partial charge in [0.15, 0.2) is 0 Å². The first-order chi connectivity index (χ1) is 16.4. The van der Waals surface area contributed by atoms with Crippen LogP contribution < -0.4 is 15.4 Å². The number of urea groups is 1. The lowest BCUT2D eigenvalue weighted by molar-refractivity contribution is -0.140. The summed E-state index contributed by atoms with van der Waals surface area (Å²) in [7, 11) is 3.18. The van der Waals surface area contributed by atoms with Crippen molar-refractivity contribution in [3.63, 3.8) is 0 Å². The van der Waals surface area contributed by atoms with Crippen LogP contribution in [-0.4, -0.2) is 87.0 Å². The number of ether oxygens (including phenoxy) is 2. The van der Waals surface area contributed by atoms with E-state index < -0.39 is 12.6 Å². The van der Waals surface area contributed by atoms with Crippen molar-refractivity contribution in [2.75, 3.05) is 52.3 Å². The van der Waals surface area contributed by atoms with E-state index >= 15 is 0 Å². The van der Waals surface area contributed by atoms with Gasteiger partial charge in [-0.3, -0.25) is 9.69 Å². The van der Waals surface area contributed by atoms with Crippen molar-refractivity contribution < 1.29 is 32.2 Å². The number of fused-ring (bicyclic) bond motifs is 1. The van der Waals surface area contributed by atoms with Crippen molar-refractivity contribution in [3.8, 4) is 5.75 Å². The van der Waals surface area contributed by atoms with Crippen molar-refractivity contribution in [3.05, 3.63) is 23.8 Å². The van der Waals surface area contributed by atoms with Gasteiger partial charge >= 0.3 is 12.2 Å². The first-order valence-electron chi connectivity index (χ1n) is 11.9. The van der Waals surface area contributed by atoms with E-state index in [4.69, 9.17) is 9.47 Å². The SMILES string of the molecule is CCCNC(=O)Nc1ccc2c(c1)OC[C@@H](C)N(CCC(F)(F)F)C[C@H](C)[C@@H](OC)CN(C)C2=O. The van der Waals surface area contributed by atoms with Crippen LogP contribution in [0.3, 0.4) is 0 Å². The van der Waals surface area contributed by atoms with Crippen molar-refractivity contribution in [2.45, 2.75) is 51.9 Å². The van der Waals surface area contributed by atoms with Gasteiger partial charge in [0, 0.05) is 58.1 Å². The topological polar surface area (TPSA) is 83.1 Å². The van der Waals surface area contributed by atoms with Gasteiger partial charge in [0.05, 0.1) is 18.1 Å². The number of methoxy groups -OCH3 is 1. The number of carbonyl (C=O) groups is 2. The van der Waals surface area contributed by atoms with Gasteiger partial charge in [0.1, 0.15) is 12.4 Å². The Morgan fingerprint density at radius 2 is 1.97 bits per heavy atom. The van der Waals surface area contributed by atoms with Gasteiger partial charge in [-0.2, -0.15) is 13.2 Å². The number of halogens is 3. The number of likely N-dealkylation sites (N-methyl/N-ethyl adjacent to an activating group) is 1. The third-order valence-electron chi connectivity index (χ3n) is 6.05. The maximum atomic E-state index is 13.2. The molecule has 0 saturated carbocycles. The standard InChI is InChI=1S/C24H37F3N4O4/c1-6-10-28-23(33)29-18-7-8-19-20(12-18)35-15-17(3)31(11-9-24(25,26)27)13-16(2)21(34-5)14-30(4)22(19)32/h7-8,12,16-17,21H,6,9-11,13-15H2,1-5H3,(H2,28,29,33)/t16-,17+,21-/m0/s1. The second-order valence-corrected chi connectivity index (χ2v) is 9.05. The number of rotatable bonds is 6. The molecule has 0 spiro atoms. The fourth-order valence-corrected chi connectivity index (χ4v) is 3.92. The van der Waals surface area contributed by atoms with E-state index in [0.29, 0.717) is 24.3 Å². The molecule has 198 valence electrons. The Labute approximate surface area is 205 Å². The zero-order valence-corrected chi connectivity index (χ0v) is 21.1. The Bertz CT molecular complexity index is 853. The molecule has 0 radical (unpaired) electrons. The van der Waals surface area contributed by atoms with E-state index in [1.54, 1.807) is 37.1 Å². The Kier molecular flexibility index (Phi) is 10.6. The van der Waals surface area contributed by atoms with E-state index in [2.05, 4.69) is 10.6 Å². The van der Waals surface area contributed by atoms with Crippen LogP contribution in [0.4, 0.5) is 23.7 Å². The molecule has 0 unspecified atom stereocenters. The molecule has 2 N–H and O–H groups in total. The molecule has 11 heteroatoms. The van der Waals surface area contributed by atoms with Crippen LogP contribution in [-0.2, 0) is 4.74 Å². The summed E-state index contributed by atoms with van der Waals surface area (Å²) in [6, 6.07) is 4.00. The Balaban J connectivity index is 2.35. The summed E-state index contributed by atoms with van der Waals surface area (Å²) in [5.74, 6) is -0.156. The molecule has 0 aliphatic carbocycles. The van der Waals surface area contributed by atoms with Crippen molar-refractivity contribution in [1.29, 1.82) is 0 Å². The summed E-state index contributed by atoms with van der Waals surface area (Å²) in [5.41, 5.74) is 0.731. The normalized spacial score (nSPS) is 22.5. The lowest BCUT2D eigenvalue weighted by Crippen LogP contribution is -2.47. The number of nitrogens with one attached hydrogen (secondary N) is 2. The first kappa shape index (κ1) is 28.7. The summed E-state index contributed by atoms with van der Waals surface area (Å²) in [6.07, 6.45) is -4.79. The molecule has 0 bridgehead atoms. The minimum Gasteiger partial charge on any atom is -0.491 e. The van der Waals surface area contributed by atoms with Crippen LogP contribution in [0.25, 0.3) is 0 Å². The molecule has 0 fully saturated rings. The number of hydrogen-bond donors (Lipinski definition) is 2. The molecular weight excluding hydrogens is 465 g/mol. The predicted molar refractivity (Wildman–Crippen MR) is 128 cm³/mol. The van der Waals surface area contributed by atoms with Gasteiger partial charge in [0.25, 0.3) is 5.91 Å². The Hall–Kier alpha value is -2.53. The Morgan fingerprint density at radius 3 is 2.60 bits per heavy atom. The fourth-order valence-electron chi connectivity index (χ4n) is 3.92. The highest BCUT2D eigenvalue weighted by Gasteiger charge is 2.32. The second-order valence-electron chi connectivity index (χ2n) is 9.05. The molecule has 1 heterocycles. The molecule has 2 rings (SSSR count). The summed E-state index contributed by atoms with van der Waals surface area (Å²) in [5, 5.41) is 5.42. The largest absolute Gasteiger partial charge is 0.491 e. The van der Waals surface area contributed by atoms with E-state index in [-0.39, 0.29) is 55.4 Å².